The fourth-order valence-electron chi connectivity index (χ4n) is 3.64. The number of rotatable bonds is 3. The molecule has 5 rings (SSSR count). The molecule has 2 aromatic carbocycles. The molecule has 1 aliphatic rings. The lowest BCUT2D eigenvalue weighted by Crippen LogP contribution is -1.95. The zero-order chi connectivity index (χ0) is 19.1. The number of ether oxygens (including phenoxy) is 2. The minimum Gasteiger partial charge on any atom is -0.454 e. The van der Waals surface area contributed by atoms with Crippen LogP contribution in [-0.2, 0) is 7.05 Å². The van der Waals surface area contributed by atoms with Crippen LogP contribution in [-0.4, -0.2) is 16.3 Å². The first kappa shape index (κ1) is 16.9. The van der Waals surface area contributed by atoms with Crippen molar-refractivity contribution in [1.82, 2.24) is 9.55 Å². The highest BCUT2D eigenvalue weighted by Gasteiger charge is 2.20. The highest BCUT2D eigenvalue weighted by atomic mass is 35.5. The van der Waals surface area contributed by atoms with Gasteiger partial charge in [-0.15, -0.1) is 0 Å². The van der Waals surface area contributed by atoms with Crippen molar-refractivity contribution >= 4 is 11.6 Å². The van der Waals surface area contributed by atoms with Gasteiger partial charge in [-0.3, -0.25) is 4.98 Å². The molecular formula is C23H17ClN2O2. The molecule has 2 aromatic heterocycles. The second-order valence-corrected chi connectivity index (χ2v) is 7.10. The summed E-state index contributed by atoms with van der Waals surface area (Å²) in [6.07, 6.45) is 3.67. The van der Waals surface area contributed by atoms with Crippen molar-refractivity contribution in [1.29, 1.82) is 0 Å². The molecular weight excluding hydrogens is 372 g/mol. The third-order valence-corrected chi connectivity index (χ3v) is 5.24. The fraction of sp³-hybridized carbons (Fsp3) is 0.0870. The third-order valence-electron chi connectivity index (χ3n) is 4.99. The van der Waals surface area contributed by atoms with E-state index >= 15 is 0 Å². The molecule has 138 valence electrons. The Morgan fingerprint density at radius 1 is 0.893 bits per heavy atom. The van der Waals surface area contributed by atoms with Gasteiger partial charge >= 0.3 is 0 Å². The number of aromatic nitrogens is 2. The van der Waals surface area contributed by atoms with Crippen LogP contribution in [0.15, 0.2) is 73.1 Å². The lowest BCUT2D eigenvalue weighted by Gasteiger charge is -2.10. The average molecular weight is 389 g/mol. The maximum absolute atomic E-state index is 6.08. The van der Waals surface area contributed by atoms with Crippen molar-refractivity contribution < 1.29 is 9.47 Å². The molecule has 0 saturated carbocycles. The minimum atomic E-state index is 0.263. The van der Waals surface area contributed by atoms with Crippen molar-refractivity contribution in [2.45, 2.75) is 0 Å². The van der Waals surface area contributed by atoms with E-state index in [4.69, 9.17) is 21.1 Å². The number of pyridine rings is 1. The smallest absolute Gasteiger partial charge is 0.231 e. The summed E-state index contributed by atoms with van der Waals surface area (Å²) in [4.78, 5) is 4.31. The monoisotopic (exact) mass is 388 g/mol. The summed E-state index contributed by atoms with van der Waals surface area (Å²) in [7, 11) is 2.07. The summed E-state index contributed by atoms with van der Waals surface area (Å²) >= 11 is 6.08. The summed E-state index contributed by atoms with van der Waals surface area (Å²) in [6.45, 7) is 0.263. The van der Waals surface area contributed by atoms with E-state index in [0.717, 1.165) is 50.2 Å². The van der Waals surface area contributed by atoms with Crippen LogP contribution in [0.25, 0.3) is 33.6 Å². The Morgan fingerprint density at radius 3 is 2.46 bits per heavy atom. The van der Waals surface area contributed by atoms with Crippen molar-refractivity contribution in [3.05, 3.63) is 78.1 Å². The molecule has 4 nitrogen and oxygen atoms in total. The number of hydrogen-bond acceptors (Lipinski definition) is 3. The maximum atomic E-state index is 6.08. The number of halogens is 1. The van der Waals surface area contributed by atoms with Gasteiger partial charge in [0.15, 0.2) is 11.5 Å². The molecule has 3 heterocycles. The molecule has 4 aromatic rings. The van der Waals surface area contributed by atoms with Crippen molar-refractivity contribution in [3.8, 4) is 45.1 Å². The highest BCUT2D eigenvalue weighted by Crippen LogP contribution is 2.42. The van der Waals surface area contributed by atoms with Crippen molar-refractivity contribution in [3.63, 3.8) is 0 Å². The Balaban J connectivity index is 1.73. The van der Waals surface area contributed by atoms with Crippen molar-refractivity contribution in [2.24, 2.45) is 7.05 Å². The summed E-state index contributed by atoms with van der Waals surface area (Å²) < 4.78 is 13.2. The van der Waals surface area contributed by atoms with Crippen LogP contribution in [0.1, 0.15) is 0 Å². The lowest BCUT2D eigenvalue weighted by molar-refractivity contribution is 0.174. The molecule has 0 fully saturated rings. The Bertz CT molecular complexity index is 1150. The minimum absolute atomic E-state index is 0.263. The fourth-order valence-corrected chi connectivity index (χ4v) is 3.76. The molecule has 0 bridgehead atoms. The van der Waals surface area contributed by atoms with Gasteiger partial charge in [0.1, 0.15) is 0 Å². The van der Waals surface area contributed by atoms with Crippen LogP contribution >= 0.6 is 11.6 Å². The molecule has 5 heteroatoms. The Kier molecular flexibility index (Phi) is 4.06. The second-order valence-electron chi connectivity index (χ2n) is 6.67. The van der Waals surface area contributed by atoms with E-state index < -0.39 is 0 Å². The van der Waals surface area contributed by atoms with Crippen LogP contribution in [0.2, 0.25) is 5.02 Å². The lowest BCUT2D eigenvalue weighted by atomic mass is 10.0. The number of hydrogen-bond donors (Lipinski definition) is 0. The molecule has 0 aliphatic carbocycles. The molecule has 0 atom stereocenters. The Hall–Kier alpha value is -3.24. The third kappa shape index (κ3) is 2.83. The van der Waals surface area contributed by atoms with E-state index in [0.29, 0.717) is 0 Å². The SMILES string of the molecule is Cn1c(-c2ccc(Cl)cc2)cc(-c2ccc3c(c2)OCO3)c1-c1cccnc1. The van der Waals surface area contributed by atoms with Crippen LogP contribution in [0.4, 0.5) is 0 Å². The molecule has 1 aliphatic heterocycles. The zero-order valence-electron chi connectivity index (χ0n) is 15.2. The van der Waals surface area contributed by atoms with Gasteiger partial charge in [0.25, 0.3) is 0 Å². The van der Waals surface area contributed by atoms with Crippen LogP contribution in [0.3, 0.4) is 0 Å². The zero-order valence-corrected chi connectivity index (χ0v) is 16.0. The van der Waals surface area contributed by atoms with Crippen LogP contribution < -0.4 is 9.47 Å². The predicted octanol–water partition coefficient (Wildman–Crippen LogP) is 5.80. The summed E-state index contributed by atoms with van der Waals surface area (Å²) in [5, 5.41) is 0.724. The largest absolute Gasteiger partial charge is 0.454 e. The quantitative estimate of drug-likeness (QED) is 0.444. The molecule has 0 saturated heterocycles. The van der Waals surface area contributed by atoms with E-state index in [9.17, 15) is 0 Å². The van der Waals surface area contributed by atoms with Gasteiger partial charge in [-0.05, 0) is 53.6 Å². The highest BCUT2D eigenvalue weighted by molar-refractivity contribution is 6.30. The van der Waals surface area contributed by atoms with E-state index in [1.54, 1.807) is 6.20 Å². The van der Waals surface area contributed by atoms with Gasteiger partial charge in [-0.2, -0.15) is 0 Å². The van der Waals surface area contributed by atoms with Gasteiger partial charge in [0.05, 0.1) is 5.69 Å². The maximum Gasteiger partial charge on any atom is 0.231 e. The first-order valence-corrected chi connectivity index (χ1v) is 9.34. The van der Waals surface area contributed by atoms with E-state index in [-0.39, 0.29) is 6.79 Å². The van der Waals surface area contributed by atoms with Crippen LogP contribution in [0, 0.1) is 0 Å². The van der Waals surface area contributed by atoms with Crippen LogP contribution in [0.5, 0.6) is 11.5 Å². The van der Waals surface area contributed by atoms with Gasteiger partial charge < -0.3 is 14.0 Å². The Morgan fingerprint density at radius 2 is 1.68 bits per heavy atom. The molecule has 0 unspecified atom stereocenters. The number of fused-ring (bicyclic) bond motifs is 1. The van der Waals surface area contributed by atoms with E-state index in [1.165, 1.54) is 0 Å². The van der Waals surface area contributed by atoms with Gasteiger partial charge in [0.2, 0.25) is 6.79 Å². The van der Waals surface area contributed by atoms with Gasteiger partial charge in [0, 0.05) is 41.3 Å². The molecule has 28 heavy (non-hydrogen) atoms. The molecule has 0 N–H and O–H groups in total. The Labute approximate surface area is 167 Å². The normalized spacial score (nSPS) is 12.4. The number of benzene rings is 2. The average Bonchev–Trinajstić information content (AvgIpc) is 3.33. The summed E-state index contributed by atoms with van der Waals surface area (Å²) in [6, 6.07) is 20.2. The summed E-state index contributed by atoms with van der Waals surface area (Å²) in [5.41, 5.74) is 6.53. The summed E-state index contributed by atoms with van der Waals surface area (Å²) in [5.74, 6) is 1.55. The first-order valence-electron chi connectivity index (χ1n) is 8.97. The predicted molar refractivity (Wildman–Crippen MR) is 111 cm³/mol. The molecule has 0 amide bonds. The van der Waals surface area contributed by atoms with Gasteiger partial charge in [-0.25, -0.2) is 0 Å². The van der Waals surface area contributed by atoms with Gasteiger partial charge in [-0.1, -0.05) is 29.8 Å². The van der Waals surface area contributed by atoms with Crippen molar-refractivity contribution in [2.75, 3.05) is 6.79 Å². The standard InChI is InChI=1S/C23H17ClN2O2/c1-26-20(15-4-7-18(24)8-5-15)12-19(23(26)17-3-2-10-25-13-17)16-6-9-21-22(11-16)28-14-27-21/h2-13H,14H2,1H3. The molecule has 0 spiro atoms. The van der Waals surface area contributed by atoms with E-state index in [1.807, 2.05) is 48.7 Å². The van der Waals surface area contributed by atoms with E-state index in [2.05, 4.69) is 34.8 Å². The number of nitrogens with zero attached hydrogens (tertiary/aromatic N) is 2. The second kappa shape index (κ2) is 6.73. The molecule has 0 radical (unpaired) electrons. The topological polar surface area (TPSA) is 36.3 Å². The first-order chi connectivity index (χ1) is 13.7.